The van der Waals surface area contributed by atoms with Crippen LogP contribution in [0.15, 0.2) is 45.8 Å². The zero-order chi connectivity index (χ0) is 19.7. The number of benzene rings is 2. The van der Waals surface area contributed by atoms with E-state index in [-0.39, 0.29) is 26.0 Å². The standard InChI is InChI=1S/C17H8BrCl2F3N2O2/c18-15-14(27-7-9-12(22)4-8(21)5-13(9)23)6-24-25(17(15)26)16-10(19)2-1-3-11(16)20/h1-6H,7H2. The summed E-state index contributed by atoms with van der Waals surface area (Å²) in [6.07, 6.45) is 1.16. The largest absolute Gasteiger partial charge is 0.486 e. The van der Waals surface area contributed by atoms with Crippen LogP contribution in [0, 0.1) is 17.5 Å². The van der Waals surface area contributed by atoms with Gasteiger partial charge in [0.15, 0.2) is 5.75 Å². The molecule has 0 atom stereocenters. The quantitative estimate of drug-likeness (QED) is 0.510. The highest BCUT2D eigenvalue weighted by atomic mass is 79.9. The lowest BCUT2D eigenvalue weighted by molar-refractivity contribution is 0.287. The van der Waals surface area contributed by atoms with Gasteiger partial charge in [-0.1, -0.05) is 29.3 Å². The number of halogens is 6. The van der Waals surface area contributed by atoms with Crippen molar-refractivity contribution in [2.45, 2.75) is 6.61 Å². The van der Waals surface area contributed by atoms with Gasteiger partial charge in [0.05, 0.1) is 21.8 Å². The highest BCUT2D eigenvalue weighted by Gasteiger charge is 2.17. The molecule has 0 unspecified atom stereocenters. The van der Waals surface area contributed by atoms with Crippen molar-refractivity contribution in [1.29, 1.82) is 0 Å². The summed E-state index contributed by atoms with van der Waals surface area (Å²) in [6, 6.07) is 5.75. The molecule has 1 aromatic heterocycles. The molecular formula is C17H8BrCl2F3N2O2. The molecule has 1 heterocycles. The molecule has 0 saturated carbocycles. The lowest BCUT2D eigenvalue weighted by atomic mass is 10.2. The van der Waals surface area contributed by atoms with E-state index in [4.69, 9.17) is 27.9 Å². The second kappa shape index (κ2) is 7.92. The molecule has 0 spiro atoms. The third kappa shape index (κ3) is 3.97. The smallest absolute Gasteiger partial charge is 0.289 e. The van der Waals surface area contributed by atoms with Gasteiger partial charge in [0.25, 0.3) is 5.56 Å². The molecule has 0 saturated heterocycles. The van der Waals surface area contributed by atoms with Crippen molar-refractivity contribution in [1.82, 2.24) is 9.78 Å². The first-order chi connectivity index (χ1) is 12.8. The summed E-state index contributed by atoms with van der Waals surface area (Å²) >= 11 is 15.2. The van der Waals surface area contributed by atoms with Crippen molar-refractivity contribution >= 4 is 39.1 Å². The van der Waals surface area contributed by atoms with Gasteiger partial charge in [-0.2, -0.15) is 9.78 Å². The second-order valence-corrected chi connectivity index (χ2v) is 6.85. The van der Waals surface area contributed by atoms with Crippen LogP contribution in [0.5, 0.6) is 5.75 Å². The molecule has 4 nitrogen and oxygen atoms in total. The van der Waals surface area contributed by atoms with Crippen LogP contribution in [0.1, 0.15) is 5.56 Å². The zero-order valence-electron chi connectivity index (χ0n) is 13.1. The molecule has 2 aromatic carbocycles. The average Bonchev–Trinajstić information content (AvgIpc) is 2.59. The van der Waals surface area contributed by atoms with Gasteiger partial charge >= 0.3 is 0 Å². The van der Waals surface area contributed by atoms with Gasteiger partial charge in [0.2, 0.25) is 0 Å². The van der Waals surface area contributed by atoms with E-state index in [0.717, 1.165) is 10.9 Å². The third-order valence-electron chi connectivity index (χ3n) is 3.51. The second-order valence-electron chi connectivity index (χ2n) is 5.25. The molecule has 0 N–H and O–H groups in total. The lowest BCUT2D eigenvalue weighted by Crippen LogP contribution is -2.23. The van der Waals surface area contributed by atoms with Crippen LogP contribution in [0.4, 0.5) is 13.2 Å². The Hall–Kier alpha value is -2.03. The van der Waals surface area contributed by atoms with Crippen molar-refractivity contribution < 1.29 is 17.9 Å². The molecule has 0 aliphatic rings. The topological polar surface area (TPSA) is 44.1 Å². The summed E-state index contributed by atoms with van der Waals surface area (Å²) < 4.78 is 46.5. The van der Waals surface area contributed by atoms with E-state index >= 15 is 0 Å². The number of hydrogen-bond acceptors (Lipinski definition) is 3. The number of ether oxygens (including phenoxy) is 1. The highest BCUT2D eigenvalue weighted by Crippen LogP contribution is 2.28. The molecule has 0 aliphatic carbocycles. The fourth-order valence-corrected chi connectivity index (χ4v) is 3.17. The van der Waals surface area contributed by atoms with E-state index in [9.17, 15) is 18.0 Å². The molecule has 0 fully saturated rings. The van der Waals surface area contributed by atoms with Crippen molar-refractivity contribution in [3.05, 3.63) is 84.4 Å². The molecule has 10 heteroatoms. The summed E-state index contributed by atoms with van der Waals surface area (Å²) in [6.45, 7) is -0.575. The minimum absolute atomic E-state index is 0.0589. The van der Waals surface area contributed by atoms with Crippen molar-refractivity contribution in [2.75, 3.05) is 0 Å². The molecule has 0 bridgehead atoms. The summed E-state index contributed by atoms with van der Waals surface area (Å²) in [5.74, 6) is -3.32. The Labute approximate surface area is 169 Å². The van der Waals surface area contributed by atoms with Gasteiger partial charge in [0, 0.05) is 12.1 Å². The molecule has 0 aliphatic heterocycles. The molecular weight excluding hydrogens is 472 g/mol. The fourth-order valence-electron chi connectivity index (χ4n) is 2.23. The van der Waals surface area contributed by atoms with Gasteiger partial charge in [-0.3, -0.25) is 4.79 Å². The third-order valence-corrected chi connectivity index (χ3v) is 4.85. The van der Waals surface area contributed by atoms with E-state index in [2.05, 4.69) is 21.0 Å². The summed E-state index contributed by atoms with van der Waals surface area (Å²) in [5, 5.41) is 4.34. The van der Waals surface area contributed by atoms with E-state index in [1.807, 2.05) is 0 Å². The molecule has 3 aromatic rings. The Morgan fingerprint density at radius 3 is 2.30 bits per heavy atom. The first-order valence-electron chi connectivity index (χ1n) is 7.28. The number of nitrogens with zero attached hydrogens (tertiary/aromatic N) is 2. The Morgan fingerprint density at radius 2 is 1.70 bits per heavy atom. The predicted octanol–water partition coefficient (Wildman–Crippen LogP) is 5.30. The number of hydrogen-bond donors (Lipinski definition) is 0. The van der Waals surface area contributed by atoms with Gasteiger partial charge in [-0.05, 0) is 28.1 Å². The van der Waals surface area contributed by atoms with Crippen LogP contribution >= 0.6 is 39.1 Å². The van der Waals surface area contributed by atoms with Crippen LogP contribution in [-0.4, -0.2) is 9.78 Å². The van der Waals surface area contributed by atoms with Crippen molar-refractivity contribution in [2.24, 2.45) is 0 Å². The zero-order valence-corrected chi connectivity index (χ0v) is 16.2. The van der Waals surface area contributed by atoms with Crippen LogP contribution in [0.25, 0.3) is 5.69 Å². The van der Waals surface area contributed by atoms with E-state index in [1.165, 1.54) is 12.1 Å². The van der Waals surface area contributed by atoms with Gasteiger partial charge in [-0.15, -0.1) is 0 Å². The van der Waals surface area contributed by atoms with Gasteiger partial charge < -0.3 is 4.74 Å². The van der Waals surface area contributed by atoms with E-state index in [0.29, 0.717) is 12.1 Å². The summed E-state index contributed by atoms with van der Waals surface area (Å²) in [4.78, 5) is 12.5. The minimum Gasteiger partial charge on any atom is -0.486 e. The van der Waals surface area contributed by atoms with E-state index in [1.54, 1.807) is 6.07 Å². The fraction of sp³-hybridized carbons (Fsp3) is 0.0588. The number of para-hydroxylation sites is 1. The maximum absolute atomic E-state index is 13.7. The summed E-state index contributed by atoms with van der Waals surface area (Å²) in [7, 11) is 0. The Morgan fingerprint density at radius 1 is 1.11 bits per heavy atom. The Bertz CT molecular complexity index is 1050. The maximum atomic E-state index is 13.7. The monoisotopic (exact) mass is 478 g/mol. The highest BCUT2D eigenvalue weighted by molar-refractivity contribution is 9.10. The minimum atomic E-state index is -1.10. The van der Waals surface area contributed by atoms with E-state index < -0.39 is 35.2 Å². The molecule has 3 rings (SSSR count). The molecule has 27 heavy (non-hydrogen) atoms. The van der Waals surface area contributed by atoms with Crippen LogP contribution in [0.2, 0.25) is 10.0 Å². The summed E-state index contributed by atoms with van der Waals surface area (Å²) in [5.41, 5.74) is -0.960. The van der Waals surface area contributed by atoms with Crippen LogP contribution in [-0.2, 0) is 6.61 Å². The first kappa shape index (κ1) is 19.7. The molecule has 140 valence electrons. The van der Waals surface area contributed by atoms with Crippen LogP contribution < -0.4 is 10.3 Å². The Kier molecular flexibility index (Phi) is 5.78. The van der Waals surface area contributed by atoms with Crippen LogP contribution in [0.3, 0.4) is 0 Å². The Balaban J connectivity index is 1.94. The molecule has 0 amide bonds. The maximum Gasteiger partial charge on any atom is 0.289 e. The van der Waals surface area contributed by atoms with Gasteiger partial charge in [0.1, 0.15) is 34.2 Å². The molecule has 0 radical (unpaired) electrons. The first-order valence-corrected chi connectivity index (χ1v) is 8.83. The number of rotatable bonds is 4. The van der Waals surface area contributed by atoms with Crippen molar-refractivity contribution in [3.63, 3.8) is 0 Å². The number of aromatic nitrogens is 2. The average molecular weight is 480 g/mol. The normalized spacial score (nSPS) is 10.9. The predicted molar refractivity (Wildman–Crippen MR) is 98.2 cm³/mol. The SMILES string of the molecule is O=c1c(Br)c(OCc2c(F)cc(F)cc2F)cnn1-c1c(Cl)cccc1Cl. The van der Waals surface area contributed by atoms with Crippen molar-refractivity contribution in [3.8, 4) is 11.4 Å². The van der Waals surface area contributed by atoms with Gasteiger partial charge in [-0.25, -0.2) is 13.2 Å². The lowest BCUT2D eigenvalue weighted by Gasteiger charge is -2.12.